The molecule has 0 saturated heterocycles. The van der Waals surface area contributed by atoms with Gasteiger partial charge in [0, 0.05) is 41.8 Å². The summed E-state index contributed by atoms with van der Waals surface area (Å²) in [6.45, 7) is 0.160. The molecule has 0 unspecified atom stereocenters. The second-order valence-electron chi connectivity index (χ2n) is 12.5. The van der Waals surface area contributed by atoms with Gasteiger partial charge >= 0.3 is 0 Å². The van der Waals surface area contributed by atoms with E-state index in [1.54, 1.807) is 12.1 Å². The van der Waals surface area contributed by atoms with E-state index < -0.39 is 19.7 Å². The molecule has 0 radical (unpaired) electrons. The largest absolute Gasteiger partial charge is 0.489 e. The van der Waals surface area contributed by atoms with Gasteiger partial charge in [0.05, 0.1) is 45.7 Å². The minimum atomic E-state index is -4.29. The molecular weight excluding hydrogens is 713 g/mol. The van der Waals surface area contributed by atoms with Crippen LogP contribution in [0.25, 0.3) is 49.5 Å². The average molecular weight is 745 g/mol. The third-order valence-corrected chi connectivity index (χ3v) is 13.2. The number of para-hydroxylation sites is 2. The van der Waals surface area contributed by atoms with Crippen LogP contribution >= 0.6 is 0 Å². The summed E-state index contributed by atoms with van der Waals surface area (Å²) >= 11 is 0. The summed E-state index contributed by atoms with van der Waals surface area (Å²) in [6.07, 6.45) is 2.87. The van der Waals surface area contributed by atoms with Crippen LogP contribution in [0.5, 0.6) is 11.5 Å². The number of fused-ring (bicyclic) bond motifs is 5. The van der Waals surface area contributed by atoms with Crippen molar-refractivity contribution in [3.8, 4) is 23.3 Å². The third-order valence-electron chi connectivity index (χ3n) is 9.41. The third kappa shape index (κ3) is 5.52. The minimum Gasteiger partial charge on any atom is -0.489 e. The van der Waals surface area contributed by atoms with Gasteiger partial charge in [-0.3, -0.25) is 0 Å². The van der Waals surface area contributed by atoms with Crippen LogP contribution in [0.1, 0.15) is 27.8 Å². The molecule has 0 aliphatic carbocycles. The van der Waals surface area contributed by atoms with Crippen LogP contribution in [0.15, 0.2) is 107 Å². The van der Waals surface area contributed by atoms with Gasteiger partial charge in [-0.15, -0.1) is 0 Å². The fraction of sp³-hybridized carbons (Fsp3) is 0.146. The van der Waals surface area contributed by atoms with Crippen LogP contribution in [0.2, 0.25) is 0 Å². The highest BCUT2D eigenvalue weighted by Crippen LogP contribution is 2.56. The summed E-state index contributed by atoms with van der Waals surface area (Å²) in [7, 11) is -5.59. The van der Waals surface area contributed by atoms with Crippen molar-refractivity contribution in [1.29, 1.82) is 5.26 Å². The lowest BCUT2D eigenvalue weighted by molar-refractivity contribution is 0.141. The minimum absolute atomic E-state index is 0.0215. The Hall–Kier alpha value is -5.71. The van der Waals surface area contributed by atoms with Crippen molar-refractivity contribution in [2.45, 2.75) is 9.79 Å². The quantitative estimate of drug-likeness (QED) is 0.126. The first-order chi connectivity index (χ1) is 25.7. The van der Waals surface area contributed by atoms with Gasteiger partial charge < -0.3 is 23.5 Å². The highest BCUT2D eigenvalue weighted by atomic mass is 32.2. The molecule has 0 saturated carbocycles. The maximum Gasteiger partial charge on any atom is 0.211 e. The molecule has 0 spiro atoms. The number of ether oxygens (including phenoxy) is 4. The Kier molecular flexibility index (Phi) is 8.67. The maximum absolute atomic E-state index is 14.7. The van der Waals surface area contributed by atoms with E-state index in [1.807, 2.05) is 42.5 Å². The lowest BCUT2D eigenvalue weighted by atomic mass is 10.0. The molecule has 3 heterocycles. The van der Waals surface area contributed by atoms with E-state index in [2.05, 4.69) is 28.8 Å². The monoisotopic (exact) mass is 744 g/mol. The number of aromatic nitrogens is 1. The van der Waals surface area contributed by atoms with Gasteiger partial charge in [-0.2, -0.15) is 5.26 Å². The molecule has 12 heteroatoms. The Morgan fingerprint density at radius 2 is 1.02 bits per heavy atom. The number of hydrogen-bond acceptors (Lipinski definition) is 9. The molecule has 6 aromatic rings. The highest BCUT2D eigenvalue weighted by Gasteiger charge is 2.45. The van der Waals surface area contributed by atoms with Gasteiger partial charge in [0.15, 0.2) is 0 Å². The maximum atomic E-state index is 14.7. The van der Waals surface area contributed by atoms with Gasteiger partial charge in [-0.05, 0) is 59.7 Å². The highest BCUT2D eigenvalue weighted by molar-refractivity contribution is 8.02. The number of nitriles is 1. The van der Waals surface area contributed by atoms with Gasteiger partial charge in [-0.1, -0.05) is 60.7 Å². The van der Waals surface area contributed by atoms with Crippen molar-refractivity contribution in [3.05, 3.63) is 125 Å². The number of nitrogens with zero attached hydrogens (tertiary/aromatic N) is 2. The number of hydrogen-bond donors (Lipinski definition) is 0. The molecule has 0 atom stereocenters. The normalized spacial score (nSPS) is 15.1. The molecule has 5 aromatic carbocycles. The molecule has 2 aliphatic heterocycles. The molecule has 2 aliphatic rings. The topological polar surface area (TPSA) is 134 Å². The Labute approximate surface area is 306 Å². The summed E-state index contributed by atoms with van der Waals surface area (Å²) in [5, 5.41) is 11.5. The van der Waals surface area contributed by atoms with Crippen LogP contribution in [0.3, 0.4) is 0 Å². The Morgan fingerprint density at radius 1 is 0.585 bits per heavy atom. The summed E-state index contributed by atoms with van der Waals surface area (Å²) in [5.74, 6) is -0.210. The summed E-state index contributed by atoms with van der Waals surface area (Å²) in [4.78, 5) is -0.481. The van der Waals surface area contributed by atoms with E-state index in [4.69, 9.17) is 18.9 Å². The molecular formula is C41H32N2O8S2. The zero-order valence-corrected chi connectivity index (χ0v) is 30.3. The van der Waals surface area contributed by atoms with Gasteiger partial charge in [0.25, 0.3) is 0 Å². The van der Waals surface area contributed by atoms with Crippen LogP contribution in [-0.4, -0.2) is 62.0 Å². The summed E-state index contributed by atoms with van der Waals surface area (Å²) in [6, 6.07) is 31.6. The van der Waals surface area contributed by atoms with Crippen molar-refractivity contribution in [2.75, 3.05) is 40.6 Å². The summed E-state index contributed by atoms with van der Waals surface area (Å²) in [5.41, 5.74) is 4.11. The van der Waals surface area contributed by atoms with Crippen LogP contribution in [-0.2, 0) is 29.1 Å². The van der Waals surface area contributed by atoms with Crippen molar-refractivity contribution < 1.29 is 35.8 Å². The number of methoxy groups -OCH3 is 2. The standard InChI is InChI=1S/C41H32N2O8S2/c1-48-19-21-50-38-32-23-36(27-13-11-26(25-42)12-14-27)52(44,45)40(32)39(51-22-20-49-2)33-24-37(53(46,47)41(33)38)28-15-17-29(18-16-28)43-34-9-5-3-7-30(34)31-8-4-6-10-35(31)43/h3-18,23-24H,19-22H2,1-2H3. The second kappa shape index (κ2) is 13.4. The van der Waals surface area contributed by atoms with Crippen LogP contribution in [0, 0.1) is 11.3 Å². The van der Waals surface area contributed by atoms with E-state index in [9.17, 15) is 22.1 Å². The Bertz CT molecular complexity index is 2720. The smallest absolute Gasteiger partial charge is 0.211 e. The molecule has 1 aromatic heterocycles. The predicted molar refractivity (Wildman–Crippen MR) is 203 cm³/mol. The SMILES string of the molecule is COCCOc1c2c(c(OCCOC)c3c1S(=O)(=O)C(c1ccc(C#N)cc1)=C3)S(=O)(=O)C(c1ccc(-n3c4ccccc4c4ccccc43)cc1)=C2. The predicted octanol–water partition coefficient (Wildman–Crippen LogP) is 7.28. The van der Waals surface area contributed by atoms with E-state index in [-0.39, 0.29) is 68.7 Å². The molecule has 0 amide bonds. The fourth-order valence-electron chi connectivity index (χ4n) is 7.03. The molecule has 0 bridgehead atoms. The molecule has 10 nitrogen and oxygen atoms in total. The first-order valence-electron chi connectivity index (χ1n) is 16.7. The van der Waals surface area contributed by atoms with E-state index in [0.29, 0.717) is 16.7 Å². The first-order valence-corrected chi connectivity index (χ1v) is 19.7. The number of sulfone groups is 2. The molecule has 0 N–H and O–H groups in total. The number of benzene rings is 5. The lowest BCUT2D eigenvalue weighted by Crippen LogP contribution is -2.14. The molecule has 266 valence electrons. The molecule has 53 heavy (non-hydrogen) atoms. The number of rotatable bonds is 11. The van der Waals surface area contributed by atoms with E-state index in [1.165, 1.54) is 50.6 Å². The Morgan fingerprint density at radius 3 is 1.45 bits per heavy atom. The Balaban J connectivity index is 1.29. The van der Waals surface area contributed by atoms with Crippen molar-refractivity contribution in [3.63, 3.8) is 0 Å². The summed E-state index contributed by atoms with van der Waals surface area (Å²) < 4.78 is 83.0. The van der Waals surface area contributed by atoms with Gasteiger partial charge in [0.2, 0.25) is 19.7 Å². The zero-order valence-electron chi connectivity index (χ0n) is 28.7. The zero-order chi connectivity index (χ0) is 36.9. The van der Waals surface area contributed by atoms with E-state index in [0.717, 1.165) is 27.5 Å². The first kappa shape index (κ1) is 34.4. The molecule has 0 fully saturated rings. The van der Waals surface area contributed by atoms with Crippen LogP contribution in [0.4, 0.5) is 0 Å². The average Bonchev–Trinajstić information content (AvgIpc) is 3.76. The van der Waals surface area contributed by atoms with Gasteiger partial charge in [0.1, 0.15) is 34.5 Å². The second-order valence-corrected chi connectivity index (χ2v) is 16.2. The fourth-order valence-corrected chi connectivity index (χ4v) is 10.6. The van der Waals surface area contributed by atoms with Crippen molar-refractivity contribution >= 4 is 63.4 Å². The van der Waals surface area contributed by atoms with Gasteiger partial charge in [-0.25, -0.2) is 16.8 Å². The molecule has 8 rings (SSSR count). The van der Waals surface area contributed by atoms with Crippen molar-refractivity contribution in [1.82, 2.24) is 4.57 Å². The van der Waals surface area contributed by atoms with Crippen LogP contribution < -0.4 is 9.47 Å². The van der Waals surface area contributed by atoms with Crippen molar-refractivity contribution in [2.24, 2.45) is 0 Å². The van der Waals surface area contributed by atoms with E-state index >= 15 is 0 Å². The lowest BCUT2D eigenvalue weighted by Gasteiger charge is -2.19.